The summed E-state index contributed by atoms with van der Waals surface area (Å²) in [5, 5.41) is 7.92. The highest BCUT2D eigenvalue weighted by atomic mass is 35.5. The molecule has 0 aliphatic heterocycles. The zero-order valence-electron chi connectivity index (χ0n) is 12.3. The number of aryl methyl sites for hydroxylation is 1. The van der Waals surface area contributed by atoms with E-state index in [1.807, 2.05) is 6.07 Å². The van der Waals surface area contributed by atoms with E-state index in [0.29, 0.717) is 17.2 Å². The smallest absolute Gasteiger partial charge is 0.287 e. The molecule has 0 amide bonds. The Morgan fingerprint density at radius 1 is 1.32 bits per heavy atom. The van der Waals surface area contributed by atoms with Gasteiger partial charge in [-0.3, -0.25) is 10.2 Å². The molecule has 7 nitrogen and oxygen atoms in total. The Labute approximate surface area is 132 Å². The predicted octanol–water partition coefficient (Wildman–Crippen LogP) is 1.90. The molecule has 1 aromatic carbocycles. The molecule has 0 atom stereocenters. The summed E-state index contributed by atoms with van der Waals surface area (Å²) in [5.41, 5.74) is 3.41. The Morgan fingerprint density at radius 3 is 2.73 bits per heavy atom. The van der Waals surface area contributed by atoms with Crippen molar-refractivity contribution in [3.63, 3.8) is 0 Å². The third kappa shape index (κ3) is 3.37. The molecule has 116 valence electrons. The van der Waals surface area contributed by atoms with Crippen molar-refractivity contribution in [1.29, 1.82) is 0 Å². The van der Waals surface area contributed by atoms with Crippen LogP contribution in [0.2, 0.25) is 5.02 Å². The van der Waals surface area contributed by atoms with E-state index in [4.69, 9.17) is 21.1 Å². The van der Waals surface area contributed by atoms with Gasteiger partial charge in [-0.15, -0.1) is 0 Å². The molecular formula is C14H15ClN4O3. The third-order valence-electron chi connectivity index (χ3n) is 2.88. The molecule has 0 aliphatic rings. The van der Waals surface area contributed by atoms with Crippen LogP contribution in [-0.2, 0) is 7.05 Å². The van der Waals surface area contributed by atoms with Crippen molar-refractivity contribution in [2.45, 2.75) is 0 Å². The summed E-state index contributed by atoms with van der Waals surface area (Å²) < 4.78 is 11.5. The van der Waals surface area contributed by atoms with E-state index in [-0.39, 0.29) is 5.02 Å². The minimum atomic E-state index is -0.395. The Hall–Kier alpha value is -2.54. The van der Waals surface area contributed by atoms with E-state index in [2.05, 4.69) is 15.6 Å². The third-order valence-corrected chi connectivity index (χ3v) is 3.25. The molecule has 8 heteroatoms. The molecule has 0 unspecified atom stereocenters. The van der Waals surface area contributed by atoms with Gasteiger partial charge in [0.25, 0.3) is 5.56 Å². The normalized spacial score (nSPS) is 10.7. The number of rotatable bonds is 5. The number of aromatic nitrogens is 2. The molecule has 0 saturated carbocycles. The topological polar surface area (TPSA) is 77.7 Å². The standard InChI is InChI=1S/C14H15ClN4O3/c1-19-14(20)13(15)10(8-17-19)18-16-7-9-4-5-11(21-2)12(6-9)22-3/h4-8,18H,1-3H3/b16-7-. The first kappa shape index (κ1) is 15.8. The van der Waals surface area contributed by atoms with E-state index in [1.165, 1.54) is 13.2 Å². The minimum Gasteiger partial charge on any atom is -0.493 e. The summed E-state index contributed by atoms with van der Waals surface area (Å²) in [6.07, 6.45) is 2.99. The second kappa shape index (κ2) is 6.95. The summed E-state index contributed by atoms with van der Waals surface area (Å²) >= 11 is 5.92. The van der Waals surface area contributed by atoms with Gasteiger partial charge in [-0.1, -0.05) is 11.6 Å². The minimum absolute atomic E-state index is 0.0296. The van der Waals surface area contributed by atoms with Gasteiger partial charge in [-0.2, -0.15) is 10.2 Å². The number of nitrogens with zero attached hydrogens (tertiary/aromatic N) is 3. The second-order valence-electron chi connectivity index (χ2n) is 4.29. The second-order valence-corrected chi connectivity index (χ2v) is 4.66. The number of benzene rings is 1. The number of hydrazone groups is 1. The summed E-state index contributed by atoms with van der Waals surface area (Å²) in [7, 11) is 4.64. The molecule has 2 rings (SSSR count). The highest BCUT2D eigenvalue weighted by Crippen LogP contribution is 2.26. The molecule has 2 aromatic rings. The lowest BCUT2D eigenvalue weighted by molar-refractivity contribution is 0.355. The number of halogens is 1. The van der Waals surface area contributed by atoms with Gasteiger partial charge in [-0.05, 0) is 23.8 Å². The van der Waals surface area contributed by atoms with Crippen LogP contribution in [0, 0.1) is 0 Å². The van der Waals surface area contributed by atoms with Crippen LogP contribution in [0.3, 0.4) is 0 Å². The largest absolute Gasteiger partial charge is 0.493 e. The SMILES string of the molecule is COc1ccc(/C=N\Nc2cnn(C)c(=O)c2Cl)cc1OC. The van der Waals surface area contributed by atoms with Crippen molar-refractivity contribution in [3.8, 4) is 11.5 Å². The van der Waals surface area contributed by atoms with Gasteiger partial charge >= 0.3 is 0 Å². The Morgan fingerprint density at radius 2 is 2.05 bits per heavy atom. The highest BCUT2D eigenvalue weighted by molar-refractivity contribution is 6.32. The average Bonchev–Trinajstić information content (AvgIpc) is 2.54. The van der Waals surface area contributed by atoms with Gasteiger partial charge < -0.3 is 9.47 Å². The van der Waals surface area contributed by atoms with E-state index in [1.54, 1.807) is 32.6 Å². The van der Waals surface area contributed by atoms with E-state index in [9.17, 15) is 4.79 Å². The maximum absolute atomic E-state index is 11.6. The zero-order chi connectivity index (χ0) is 16.1. The number of anilines is 1. The molecule has 0 aliphatic carbocycles. The van der Waals surface area contributed by atoms with Gasteiger partial charge in [0.1, 0.15) is 10.7 Å². The van der Waals surface area contributed by atoms with Crippen molar-refractivity contribution in [1.82, 2.24) is 9.78 Å². The highest BCUT2D eigenvalue weighted by Gasteiger charge is 2.06. The van der Waals surface area contributed by atoms with Gasteiger partial charge in [0.15, 0.2) is 11.5 Å². The first-order valence-corrected chi connectivity index (χ1v) is 6.67. The molecule has 1 heterocycles. The number of ether oxygens (including phenoxy) is 2. The molecule has 1 N–H and O–H groups in total. The average molecular weight is 323 g/mol. The van der Waals surface area contributed by atoms with Crippen LogP contribution in [0.25, 0.3) is 0 Å². The fraction of sp³-hybridized carbons (Fsp3) is 0.214. The first-order chi connectivity index (χ1) is 10.6. The fourth-order valence-corrected chi connectivity index (χ4v) is 1.91. The summed E-state index contributed by atoms with van der Waals surface area (Å²) in [6.45, 7) is 0. The maximum atomic E-state index is 11.6. The van der Waals surface area contributed by atoms with E-state index < -0.39 is 5.56 Å². The predicted molar refractivity (Wildman–Crippen MR) is 85.3 cm³/mol. The van der Waals surface area contributed by atoms with Crippen LogP contribution in [0.5, 0.6) is 11.5 Å². The van der Waals surface area contributed by atoms with Crippen LogP contribution >= 0.6 is 11.6 Å². The number of methoxy groups -OCH3 is 2. The van der Waals surface area contributed by atoms with Crippen molar-refractivity contribution in [2.75, 3.05) is 19.6 Å². The lowest BCUT2D eigenvalue weighted by Gasteiger charge is -2.07. The van der Waals surface area contributed by atoms with Crippen molar-refractivity contribution in [3.05, 3.63) is 45.3 Å². The molecular weight excluding hydrogens is 308 g/mol. The Bertz CT molecular complexity index is 758. The van der Waals surface area contributed by atoms with Crippen LogP contribution in [0.4, 0.5) is 5.69 Å². The Balaban J connectivity index is 2.16. The molecule has 0 spiro atoms. The van der Waals surface area contributed by atoms with E-state index in [0.717, 1.165) is 10.2 Å². The van der Waals surface area contributed by atoms with Crippen LogP contribution in [-0.4, -0.2) is 30.2 Å². The van der Waals surface area contributed by atoms with Gasteiger partial charge in [0.05, 0.1) is 26.6 Å². The van der Waals surface area contributed by atoms with Crippen molar-refractivity contribution >= 4 is 23.5 Å². The maximum Gasteiger partial charge on any atom is 0.287 e. The van der Waals surface area contributed by atoms with E-state index >= 15 is 0 Å². The molecule has 22 heavy (non-hydrogen) atoms. The monoisotopic (exact) mass is 322 g/mol. The van der Waals surface area contributed by atoms with Crippen LogP contribution in [0.1, 0.15) is 5.56 Å². The quantitative estimate of drug-likeness (QED) is 0.672. The lowest BCUT2D eigenvalue weighted by atomic mass is 10.2. The zero-order valence-corrected chi connectivity index (χ0v) is 13.1. The van der Waals surface area contributed by atoms with Gasteiger partial charge in [-0.25, -0.2) is 4.68 Å². The first-order valence-electron chi connectivity index (χ1n) is 6.29. The number of hydrogen-bond acceptors (Lipinski definition) is 6. The molecule has 1 aromatic heterocycles. The molecule has 0 saturated heterocycles. The van der Waals surface area contributed by atoms with Crippen molar-refractivity contribution in [2.24, 2.45) is 12.1 Å². The fourth-order valence-electron chi connectivity index (χ4n) is 1.70. The molecule has 0 bridgehead atoms. The summed E-state index contributed by atoms with van der Waals surface area (Å²) in [6, 6.07) is 5.36. The summed E-state index contributed by atoms with van der Waals surface area (Å²) in [4.78, 5) is 11.6. The van der Waals surface area contributed by atoms with Gasteiger partial charge in [0, 0.05) is 7.05 Å². The van der Waals surface area contributed by atoms with Crippen molar-refractivity contribution < 1.29 is 9.47 Å². The number of nitrogens with one attached hydrogen (secondary N) is 1. The van der Waals surface area contributed by atoms with Crippen LogP contribution < -0.4 is 20.5 Å². The number of hydrogen-bond donors (Lipinski definition) is 1. The molecule has 0 fully saturated rings. The summed E-state index contributed by atoms with van der Waals surface area (Å²) in [5.74, 6) is 1.23. The molecule has 0 radical (unpaired) electrons. The van der Waals surface area contributed by atoms with Gasteiger partial charge in [0.2, 0.25) is 0 Å². The lowest BCUT2D eigenvalue weighted by Crippen LogP contribution is -2.20. The van der Waals surface area contributed by atoms with Crippen LogP contribution in [0.15, 0.2) is 34.3 Å². The Kier molecular flexibility index (Phi) is 5.00.